The molecular formula is C24H39NO3. The number of aliphatic hydroxyl groups is 1. The number of aromatic hydroxyl groups is 1. The van der Waals surface area contributed by atoms with Crippen LogP contribution >= 0.6 is 0 Å². The van der Waals surface area contributed by atoms with Crippen LogP contribution in [0.15, 0.2) is 18.2 Å². The Morgan fingerprint density at radius 3 is 2.61 bits per heavy atom. The van der Waals surface area contributed by atoms with Gasteiger partial charge in [0.1, 0.15) is 5.75 Å². The van der Waals surface area contributed by atoms with Crippen molar-refractivity contribution in [1.29, 1.82) is 0 Å². The molecule has 0 spiro atoms. The van der Waals surface area contributed by atoms with Gasteiger partial charge in [0.2, 0.25) is 5.91 Å². The second-order valence-electron chi connectivity index (χ2n) is 9.31. The molecule has 0 aromatic heterocycles. The second kappa shape index (κ2) is 10.3. The lowest BCUT2D eigenvalue weighted by Crippen LogP contribution is -2.27. The summed E-state index contributed by atoms with van der Waals surface area (Å²) in [5.74, 6) is 0.385. The van der Waals surface area contributed by atoms with Crippen molar-refractivity contribution in [2.24, 2.45) is 11.7 Å². The summed E-state index contributed by atoms with van der Waals surface area (Å²) in [6, 6.07) is 6.10. The van der Waals surface area contributed by atoms with Gasteiger partial charge in [-0.05, 0) is 66.5 Å². The fourth-order valence-corrected chi connectivity index (χ4v) is 4.68. The van der Waals surface area contributed by atoms with Crippen LogP contribution in [0.2, 0.25) is 0 Å². The first-order valence-corrected chi connectivity index (χ1v) is 11.0. The molecule has 4 heteroatoms. The number of phenols is 1. The highest BCUT2D eigenvalue weighted by atomic mass is 16.3. The summed E-state index contributed by atoms with van der Waals surface area (Å²) in [7, 11) is 0. The van der Waals surface area contributed by atoms with Crippen molar-refractivity contribution in [2.75, 3.05) is 0 Å². The lowest BCUT2D eigenvalue weighted by Gasteiger charge is -2.35. The number of hydrogen-bond acceptors (Lipinski definition) is 3. The predicted octanol–water partition coefficient (Wildman–Crippen LogP) is 5.15. The maximum atomic E-state index is 11.2. The Labute approximate surface area is 170 Å². The van der Waals surface area contributed by atoms with Crippen LogP contribution in [0.1, 0.15) is 102 Å². The maximum absolute atomic E-state index is 11.2. The molecule has 28 heavy (non-hydrogen) atoms. The van der Waals surface area contributed by atoms with Crippen molar-refractivity contribution in [3.05, 3.63) is 29.3 Å². The van der Waals surface area contributed by atoms with Gasteiger partial charge in [0, 0.05) is 6.42 Å². The average molecular weight is 390 g/mol. The molecule has 0 unspecified atom stereocenters. The van der Waals surface area contributed by atoms with E-state index in [-0.39, 0.29) is 29.3 Å². The van der Waals surface area contributed by atoms with Gasteiger partial charge in [0.25, 0.3) is 0 Å². The van der Waals surface area contributed by atoms with Crippen molar-refractivity contribution < 1.29 is 15.0 Å². The Kier molecular flexibility index (Phi) is 8.36. The first-order valence-electron chi connectivity index (χ1n) is 11.0. The van der Waals surface area contributed by atoms with Gasteiger partial charge in [-0.1, -0.05) is 58.6 Å². The molecular weight excluding hydrogens is 350 g/mol. The molecule has 1 aromatic rings. The molecule has 4 nitrogen and oxygen atoms in total. The number of unbranched alkanes of at least 4 members (excludes halogenated alkanes) is 3. The molecule has 1 fully saturated rings. The van der Waals surface area contributed by atoms with Crippen LogP contribution in [0, 0.1) is 5.92 Å². The molecule has 0 saturated heterocycles. The molecule has 3 atom stereocenters. The van der Waals surface area contributed by atoms with E-state index in [0.29, 0.717) is 18.6 Å². The second-order valence-corrected chi connectivity index (χ2v) is 9.31. The molecule has 158 valence electrons. The molecule has 0 radical (unpaired) electrons. The minimum absolute atomic E-state index is 0.0290. The summed E-state index contributed by atoms with van der Waals surface area (Å²) < 4.78 is 0. The third kappa shape index (κ3) is 6.23. The van der Waals surface area contributed by atoms with Gasteiger partial charge in [-0.2, -0.15) is 0 Å². The summed E-state index contributed by atoms with van der Waals surface area (Å²) in [4.78, 5) is 11.2. The maximum Gasteiger partial charge on any atom is 0.217 e. The van der Waals surface area contributed by atoms with E-state index in [2.05, 4.69) is 26.8 Å². The van der Waals surface area contributed by atoms with Gasteiger partial charge in [-0.3, -0.25) is 4.79 Å². The molecule has 1 amide bonds. The van der Waals surface area contributed by atoms with E-state index >= 15 is 0 Å². The number of nitrogens with two attached hydrogens (primary N) is 1. The van der Waals surface area contributed by atoms with Crippen molar-refractivity contribution in [3.63, 3.8) is 0 Å². The number of amides is 1. The number of phenolic OH excluding ortho intramolecular Hbond substituents is 1. The van der Waals surface area contributed by atoms with E-state index in [1.54, 1.807) is 0 Å². The van der Waals surface area contributed by atoms with E-state index in [0.717, 1.165) is 36.8 Å². The number of carbonyl (C=O) groups excluding carboxylic acids is 1. The lowest BCUT2D eigenvalue weighted by atomic mass is 9.71. The van der Waals surface area contributed by atoms with Crippen molar-refractivity contribution in [3.8, 4) is 5.75 Å². The highest BCUT2D eigenvalue weighted by Crippen LogP contribution is 2.44. The Bertz CT molecular complexity index is 641. The van der Waals surface area contributed by atoms with Crippen LogP contribution < -0.4 is 5.73 Å². The Morgan fingerprint density at radius 1 is 1.21 bits per heavy atom. The number of hydrogen-bond donors (Lipinski definition) is 3. The highest BCUT2D eigenvalue weighted by molar-refractivity contribution is 5.73. The van der Waals surface area contributed by atoms with Gasteiger partial charge in [0.05, 0.1) is 6.10 Å². The molecule has 0 aliphatic heterocycles. The zero-order valence-electron chi connectivity index (χ0n) is 17.9. The van der Waals surface area contributed by atoms with Crippen LogP contribution in [-0.4, -0.2) is 22.2 Å². The molecule has 0 heterocycles. The fraction of sp³-hybridized carbons (Fsp3) is 0.708. The smallest absolute Gasteiger partial charge is 0.217 e. The summed E-state index contributed by atoms with van der Waals surface area (Å²) in [5.41, 5.74) is 7.43. The number of benzene rings is 1. The normalized spacial score (nSPS) is 22.9. The molecule has 0 bridgehead atoms. The Morgan fingerprint density at radius 2 is 1.96 bits per heavy atom. The minimum Gasteiger partial charge on any atom is -0.508 e. The van der Waals surface area contributed by atoms with E-state index in [9.17, 15) is 15.0 Å². The zero-order valence-corrected chi connectivity index (χ0v) is 17.9. The fourth-order valence-electron chi connectivity index (χ4n) is 4.68. The van der Waals surface area contributed by atoms with Gasteiger partial charge < -0.3 is 15.9 Å². The monoisotopic (exact) mass is 389 g/mol. The van der Waals surface area contributed by atoms with Crippen LogP contribution in [0.4, 0.5) is 0 Å². The van der Waals surface area contributed by atoms with Gasteiger partial charge in [-0.25, -0.2) is 0 Å². The summed E-state index contributed by atoms with van der Waals surface area (Å²) in [6.07, 6.45) is 9.07. The van der Waals surface area contributed by atoms with E-state index < -0.39 is 0 Å². The summed E-state index contributed by atoms with van der Waals surface area (Å²) >= 11 is 0. The van der Waals surface area contributed by atoms with Crippen LogP contribution in [0.3, 0.4) is 0 Å². The molecule has 1 aromatic carbocycles. The van der Waals surface area contributed by atoms with Crippen LogP contribution in [0.5, 0.6) is 5.75 Å². The first kappa shape index (κ1) is 22.7. The minimum atomic E-state index is -0.344. The molecule has 1 aliphatic rings. The predicted molar refractivity (Wildman–Crippen MR) is 114 cm³/mol. The number of carbonyl (C=O) groups is 1. The van der Waals surface area contributed by atoms with E-state index in [1.807, 2.05) is 12.1 Å². The van der Waals surface area contributed by atoms with Crippen molar-refractivity contribution in [2.45, 2.75) is 102 Å². The van der Waals surface area contributed by atoms with Crippen LogP contribution in [0.25, 0.3) is 0 Å². The number of aliphatic hydroxyl groups excluding tert-OH is 1. The summed E-state index contributed by atoms with van der Waals surface area (Å²) in [6.45, 7) is 6.71. The standard InChI is InChI=1S/C24H39NO3/c1-4-5-6-7-14-24(2,3)18-10-12-20(22(27)15-18)21-16-19(26)11-8-17(21)9-13-23(25)28/h10,12,15,17,19,21,26-27H,4-9,11,13-14,16H2,1-3H3,(H2,25,28)/t17-,19+,21+/m0/s1. The lowest BCUT2D eigenvalue weighted by molar-refractivity contribution is -0.118. The van der Waals surface area contributed by atoms with Crippen LogP contribution in [-0.2, 0) is 10.2 Å². The molecule has 1 saturated carbocycles. The third-order valence-electron chi connectivity index (χ3n) is 6.59. The van der Waals surface area contributed by atoms with E-state index in [1.165, 1.54) is 25.7 Å². The average Bonchev–Trinajstić information content (AvgIpc) is 2.64. The van der Waals surface area contributed by atoms with Crippen molar-refractivity contribution >= 4 is 5.91 Å². The summed E-state index contributed by atoms with van der Waals surface area (Å²) in [5, 5.41) is 21.0. The van der Waals surface area contributed by atoms with Gasteiger partial charge in [-0.15, -0.1) is 0 Å². The Hall–Kier alpha value is -1.55. The van der Waals surface area contributed by atoms with Gasteiger partial charge in [0.15, 0.2) is 0 Å². The Balaban J connectivity index is 2.15. The quantitative estimate of drug-likeness (QED) is 0.484. The SMILES string of the molecule is CCCCCCC(C)(C)c1ccc([C@@H]2C[C@H](O)CC[C@H]2CCC(N)=O)c(O)c1. The zero-order chi connectivity index (χ0) is 20.7. The number of primary amides is 1. The highest BCUT2D eigenvalue weighted by Gasteiger charge is 2.33. The molecule has 1 aliphatic carbocycles. The van der Waals surface area contributed by atoms with Crippen molar-refractivity contribution in [1.82, 2.24) is 0 Å². The third-order valence-corrected chi connectivity index (χ3v) is 6.59. The first-order chi connectivity index (χ1) is 13.2. The van der Waals surface area contributed by atoms with Gasteiger partial charge >= 0.3 is 0 Å². The number of rotatable bonds is 10. The topological polar surface area (TPSA) is 83.5 Å². The van der Waals surface area contributed by atoms with E-state index in [4.69, 9.17) is 5.73 Å². The largest absolute Gasteiger partial charge is 0.508 e. The molecule has 4 N–H and O–H groups in total. The molecule has 2 rings (SSSR count).